The third kappa shape index (κ3) is 3.31. The molecule has 2 heteroatoms. The number of aryl methyl sites for hydroxylation is 4. The average molecular weight is 587 g/mol. The van der Waals surface area contributed by atoms with Gasteiger partial charge in [-0.05, 0) is 156 Å². The standard InChI is InChI=1S/C44H30N2/c1-23-18-28(19-24(2)45-23)39-37-22-36-31-13-6-5-12-30(31)32-14-9-17-35(41(32)36)42(37)40(29-20-25(3)46-26(4)21-29)44-34-16-8-11-27-10-7-15-33(38(27)34)43(39)44/h5-22H,1-4H3. The van der Waals surface area contributed by atoms with Crippen molar-refractivity contribution in [3.05, 3.63) is 132 Å². The van der Waals surface area contributed by atoms with Gasteiger partial charge in [0.25, 0.3) is 0 Å². The highest BCUT2D eigenvalue weighted by atomic mass is 14.7. The van der Waals surface area contributed by atoms with Gasteiger partial charge in [-0.15, -0.1) is 0 Å². The van der Waals surface area contributed by atoms with E-state index in [1.165, 1.54) is 97.7 Å². The Bertz CT molecular complexity index is 2850. The Morgan fingerprint density at radius 2 is 0.783 bits per heavy atom. The molecule has 46 heavy (non-hydrogen) atoms. The zero-order valence-corrected chi connectivity index (χ0v) is 26.3. The number of aromatic nitrogens is 2. The van der Waals surface area contributed by atoms with Gasteiger partial charge >= 0.3 is 0 Å². The first-order valence-corrected chi connectivity index (χ1v) is 16.1. The van der Waals surface area contributed by atoms with Crippen molar-refractivity contribution in [2.75, 3.05) is 0 Å². The summed E-state index contributed by atoms with van der Waals surface area (Å²) in [7, 11) is 0. The summed E-state index contributed by atoms with van der Waals surface area (Å²) in [5.74, 6) is 0. The molecule has 2 heterocycles. The highest BCUT2D eigenvalue weighted by Crippen LogP contribution is 2.54. The van der Waals surface area contributed by atoms with E-state index in [0.717, 1.165) is 22.8 Å². The number of fused-ring (bicyclic) bond motifs is 8. The van der Waals surface area contributed by atoms with E-state index in [9.17, 15) is 0 Å². The quantitative estimate of drug-likeness (QED) is 0.188. The lowest BCUT2D eigenvalue weighted by atomic mass is 9.83. The fraction of sp³-hybridized carbons (Fsp3) is 0.0909. The van der Waals surface area contributed by atoms with E-state index in [1.807, 2.05) is 0 Å². The van der Waals surface area contributed by atoms with Gasteiger partial charge in [0.2, 0.25) is 0 Å². The summed E-state index contributed by atoms with van der Waals surface area (Å²) < 4.78 is 0. The number of rotatable bonds is 2. The molecule has 0 aliphatic carbocycles. The first-order valence-electron chi connectivity index (χ1n) is 16.1. The minimum atomic E-state index is 1.04. The van der Waals surface area contributed by atoms with Crippen LogP contribution in [0.2, 0.25) is 0 Å². The Balaban J connectivity index is 1.61. The highest BCUT2D eigenvalue weighted by Gasteiger charge is 2.26. The first-order chi connectivity index (χ1) is 22.5. The van der Waals surface area contributed by atoms with Gasteiger partial charge in [-0.25, -0.2) is 0 Å². The van der Waals surface area contributed by atoms with Crippen molar-refractivity contribution >= 4 is 75.4 Å². The predicted octanol–water partition coefficient (Wildman–Crippen LogP) is 12.0. The van der Waals surface area contributed by atoms with Crippen LogP contribution in [0.15, 0.2) is 109 Å². The van der Waals surface area contributed by atoms with Gasteiger partial charge < -0.3 is 0 Å². The van der Waals surface area contributed by atoms with Crippen molar-refractivity contribution in [1.82, 2.24) is 9.97 Å². The lowest BCUT2D eigenvalue weighted by Crippen LogP contribution is -1.95. The molecule has 0 N–H and O–H groups in total. The van der Waals surface area contributed by atoms with Crippen molar-refractivity contribution in [2.45, 2.75) is 27.7 Å². The Morgan fingerprint density at radius 3 is 1.39 bits per heavy atom. The van der Waals surface area contributed by atoms with Crippen LogP contribution in [0.5, 0.6) is 0 Å². The van der Waals surface area contributed by atoms with E-state index in [0.29, 0.717) is 0 Å². The van der Waals surface area contributed by atoms with Crippen molar-refractivity contribution < 1.29 is 0 Å². The monoisotopic (exact) mass is 586 g/mol. The zero-order valence-electron chi connectivity index (χ0n) is 26.3. The van der Waals surface area contributed by atoms with Crippen LogP contribution >= 0.6 is 0 Å². The lowest BCUT2D eigenvalue weighted by Gasteiger charge is -2.20. The number of hydrogen-bond acceptors (Lipinski definition) is 2. The van der Waals surface area contributed by atoms with Gasteiger partial charge in [-0.1, -0.05) is 78.9 Å². The summed E-state index contributed by atoms with van der Waals surface area (Å²) in [5.41, 5.74) is 9.18. The summed E-state index contributed by atoms with van der Waals surface area (Å²) in [6.07, 6.45) is 0. The van der Waals surface area contributed by atoms with E-state index in [4.69, 9.17) is 9.97 Å². The minimum absolute atomic E-state index is 1.04. The van der Waals surface area contributed by atoms with Crippen LogP contribution in [-0.2, 0) is 0 Å². The second kappa shape index (κ2) is 8.99. The van der Waals surface area contributed by atoms with Crippen LogP contribution in [0.25, 0.3) is 97.7 Å². The van der Waals surface area contributed by atoms with Crippen LogP contribution < -0.4 is 0 Å². The largest absolute Gasteiger partial charge is 0.258 e. The van der Waals surface area contributed by atoms with Gasteiger partial charge in [0, 0.05) is 22.8 Å². The molecular formula is C44H30N2. The maximum atomic E-state index is 4.82. The van der Waals surface area contributed by atoms with Crippen LogP contribution in [0.4, 0.5) is 0 Å². The molecule has 8 aromatic carbocycles. The molecule has 0 unspecified atom stereocenters. The Morgan fingerprint density at radius 1 is 0.326 bits per heavy atom. The average Bonchev–Trinajstić information content (AvgIpc) is 3.54. The summed E-state index contributed by atoms with van der Waals surface area (Å²) in [4.78, 5) is 9.63. The molecule has 0 atom stereocenters. The van der Waals surface area contributed by atoms with Gasteiger partial charge in [-0.3, -0.25) is 9.97 Å². The topological polar surface area (TPSA) is 25.8 Å². The molecule has 0 aliphatic rings. The number of benzene rings is 6. The van der Waals surface area contributed by atoms with Gasteiger partial charge in [-0.2, -0.15) is 0 Å². The van der Waals surface area contributed by atoms with Crippen LogP contribution in [0.3, 0.4) is 0 Å². The summed E-state index contributed by atoms with van der Waals surface area (Å²) >= 11 is 0. The van der Waals surface area contributed by atoms with Crippen molar-refractivity contribution in [3.63, 3.8) is 0 Å². The van der Waals surface area contributed by atoms with Crippen LogP contribution in [0.1, 0.15) is 22.8 Å². The Kier molecular flexibility index (Phi) is 5.02. The van der Waals surface area contributed by atoms with Gasteiger partial charge in [0.05, 0.1) is 0 Å². The van der Waals surface area contributed by atoms with Gasteiger partial charge in [0.1, 0.15) is 0 Å². The Labute approximate surface area is 266 Å². The third-order valence-electron chi connectivity index (χ3n) is 10.1. The molecule has 2 aromatic heterocycles. The van der Waals surface area contributed by atoms with Gasteiger partial charge in [0.15, 0.2) is 0 Å². The lowest BCUT2D eigenvalue weighted by molar-refractivity contribution is 1.12. The predicted molar refractivity (Wildman–Crippen MR) is 197 cm³/mol. The van der Waals surface area contributed by atoms with E-state index in [1.54, 1.807) is 0 Å². The zero-order chi connectivity index (χ0) is 30.8. The molecule has 0 amide bonds. The fourth-order valence-corrected chi connectivity index (χ4v) is 8.69. The van der Waals surface area contributed by atoms with Crippen molar-refractivity contribution in [2.24, 2.45) is 0 Å². The number of hydrogen-bond donors (Lipinski definition) is 0. The number of pyridine rings is 2. The van der Waals surface area contributed by atoms with Crippen molar-refractivity contribution in [3.8, 4) is 22.3 Å². The molecule has 10 rings (SSSR count). The molecule has 216 valence electrons. The smallest absolute Gasteiger partial charge is 0.0382 e. The molecule has 2 nitrogen and oxygen atoms in total. The molecule has 0 saturated carbocycles. The minimum Gasteiger partial charge on any atom is -0.258 e. The van der Waals surface area contributed by atoms with E-state index < -0.39 is 0 Å². The second-order valence-electron chi connectivity index (χ2n) is 13.1. The van der Waals surface area contributed by atoms with Crippen LogP contribution in [-0.4, -0.2) is 9.97 Å². The molecule has 10 aromatic rings. The molecule has 0 fully saturated rings. The number of nitrogens with zero attached hydrogens (tertiary/aromatic N) is 2. The summed E-state index contributed by atoms with van der Waals surface area (Å²) in [5, 5.41) is 18.4. The van der Waals surface area contributed by atoms with E-state index >= 15 is 0 Å². The first kappa shape index (κ1) is 25.7. The SMILES string of the molecule is Cc1cc(-c2c3cc4c5ccccc5c5cccc(c3c(-c3cc(C)nc(C)c3)c3c6cccc7cccc(c23)c76)c54)cc(C)n1. The molecule has 0 radical (unpaired) electrons. The van der Waals surface area contributed by atoms with E-state index in [2.05, 4.69) is 137 Å². The maximum Gasteiger partial charge on any atom is 0.0382 e. The molecule has 0 bridgehead atoms. The molecule has 0 saturated heterocycles. The fourth-order valence-electron chi connectivity index (χ4n) is 8.69. The second-order valence-corrected chi connectivity index (χ2v) is 13.1. The van der Waals surface area contributed by atoms with Crippen molar-refractivity contribution in [1.29, 1.82) is 0 Å². The summed E-state index contributed by atoms with van der Waals surface area (Å²) in [6, 6.07) is 41.0. The van der Waals surface area contributed by atoms with E-state index in [-0.39, 0.29) is 0 Å². The highest BCUT2D eigenvalue weighted by molar-refractivity contribution is 6.44. The molecular weight excluding hydrogens is 556 g/mol. The molecule has 0 spiro atoms. The van der Waals surface area contributed by atoms with Crippen LogP contribution in [0, 0.1) is 27.7 Å². The third-order valence-corrected chi connectivity index (χ3v) is 10.1. The molecule has 0 aliphatic heterocycles. The summed E-state index contributed by atoms with van der Waals surface area (Å²) in [6.45, 7) is 8.46. The Hall–Kier alpha value is -5.60. The normalized spacial score (nSPS) is 12.3. The maximum absolute atomic E-state index is 4.82.